The van der Waals surface area contributed by atoms with Crippen LogP contribution in [-0.2, 0) is 9.59 Å². The molecule has 7 heteroatoms. The second kappa shape index (κ2) is 4.90. The van der Waals surface area contributed by atoms with Gasteiger partial charge in [-0.2, -0.15) is 0 Å². The molecule has 0 bridgehead atoms. The standard InChI is InChI=1S/C12H11F2N2O2Se/c1-16-6-5-12(19,11(16)18)10(17)15-8-4-2-3-7(13)9(8)14/h2-4H,5-6H2,1H3,(H,15,17). The van der Waals surface area contributed by atoms with Gasteiger partial charge in [0.2, 0.25) is 0 Å². The summed E-state index contributed by atoms with van der Waals surface area (Å²) < 4.78 is 25.1. The molecule has 19 heavy (non-hydrogen) atoms. The van der Waals surface area contributed by atoms with E-state index in [1.54, 1.807) is 7.05 Å². The third-order valence-electron chi connectivity index (χ3n) is 3.06. The summed E-state index contributed by atoms with van der Waals surface area (Å²) in [6.45, 7) is 0.435. The van der Waals surface area contributed by atoms with Crippen LogP contribution < -0.4 is 5.32 Å². The van der Waals surface area contributed by atoms with E-state index in [1.807, 2.05) is 0 Å². The Bertz CT molecular complexity index is 553. The predicted molar refractivity (Wildman–Crippen MR) is 65.7 cm³/mol. The van der Waals surface area contributed by atoms with E-state index in [9.17, 15) is 18.4 Å². The van der Waals surface area contributed by atoms with Gasteiger partial charge in [0.05, 0.1) is 0 Å². The first kappa shape index (κ1) is 14.0. The van der Waals surface area contributed by atoms with Crippen molar-refractivity contribution in [2.45, 2.75) is 10.7 Å². The van der Waals surface area contributed by atoms with Crippen LogP contribution in [0.4, 0.5) is 14.5 Å². The summed E-state index contributed by atoms with van der Waals surface area (Å²) in [5.41, 5.74) is -0.276. The Morgan fingerprint density at radius 2 is 2.16 bits per heavy atom. The van der Waals surface area contributed by atoms with Crippen molar-refractivity contribution in [2.75, 3.05) is 18.9 Å². The van der Waals surface area contributed by atoms with Gasteiger partial charge in [0.1, 0.15) is 0 Å². The van der Waals surface area contributed by atoms with Crippen LogP contribution >= 0.6 is 0 Å². The number of carbonyl (C=O) groups is 2. The summed E-state index contributed by atoms with van der Waals surface area (Å²) >= 11 is 2.57. The molecular formula is C12H11F2N2O2Se. The predicted octanol–water partition coefficient (Wildman–Crippen LogP) is 1.09. The molecule has 2 rings (SSSR count). The Morgan fingerprint density at radius 1 is 1.47 bits per heavy atom. The van der Waals surface area contributed by atoms with Gasteiger partial charge in [-0.1, -0.05) is 0 Å². The molecule has 101 valence electrons. The van der Waals surface area contributed by atoms with Gasteiger partial charge in [0, 0.05) is 0 Å². The van der Waals surface area contributed by atoms with Crippen molar-refractivity contribution in [2.24, 2.45) is 0 Å². The molecule has 1 N–H and O–H groups in total. The number of nitrogens with one attached hydrogen (secondary N) is 1. The van der Waals surface area contributed by atoms with Gasteiger partial charge >= 0.3 is 116 Å². The Balaban J connectivity index is 2.22. The molecule has 1 aromatic rings. The molecule has 4 nitrogen and oxygen atoms in total. The maximum absolute atomic E-state index is 13.5. The number of hydrogen-bond donors (Lipinski definition) is 1. The Morgan fingerprint density at radius 3 is 2.74 bits per heavy atom. The number of hydrogen-bond acceptors (Lipinski definition) is 2. The fraction of sp³-hybridized carbons (Fsp3) is 0.333. The van der Waals surface area contributed by atoms with E-state index in [0.29, 0.717) is 13.0 Å². The number of benzene rings is 1. The van der Waals surface area contributed by atoms with Crippen molar-refractivity contribution >= 4 is 33.5 Å². The zero-order chi connectivity index (χ0) is 14.2. The summed E-state index contributed by atoms with van der Waals surface area (Å²) in [5.74, 6) is -3.24. The minimum atomic E-state index is -1.35. The fourth-order valence-corrected chi connectivity index (χ4v) is 2.50. The average molecular weight is 332 g/mol. The van der Waals surface area contributed by atoms with Crippen molar-refractivity contribution in [1.82, 2.24) is 4.90 Å². The molecule has 0 aromatic heterocycles. The molecule has 1 aliphatic heterocycles. The van der Waals surface area contributed by atoms with Crippen molar-refractivity contribution in [3.8, 4) is 0 Å². The molecule has 0 spiro atoms. The number of anilines is 1. The zero-order valence-electron chi connectivity index (χ0n) is 10.1. The summed E-state index contributed by atoms with van der Waals surface area (Å²) in [6, 6.07) is 3.47. The van der Waals surface area contributed by atoms with Crippen molar-refractivity contribution in [1.29, 1.82) is 0 Å². The monoisotopic (exact) mass is 333 g/mol. The molecule has 1 aromatic carbocycles. The van der Waals surface area contributed by atoms with E-state index >= 15 is 0 Å². The second-order valence-electron chi connectivity index (χ2n) is 4.36. The van der Waals surface area contributed by atoms with Crippen LogP contribution in [0.25, 0.3) is 0 Å². The van der Waals surface area contributed by atoms with Crippen LogP contribution in [0.15, 0.2) is 18.2 Å². The number of amides is 2. The van der Waals surface area contributed by atoms with E-state index in [2.05, 4.69) is 21.3 Å². The number of carbonyl (C=O) groups excluding carboxylic acids is 2. The SMILES string of the molecule is CN1CCC([Se])(C(=O)Nc2cccc(F)c2F)C1=O. The third kappa shape index (κ3) is 2.35. The first-order valence-electron chi connectivity index (χ1n) is 5.57. The molecule has 1 radical (unpaired) electrons. The van der Waals surface area contributed by atoms with E-state index in [4.69, 9.17) is 0 Å². The van der Waals surface area contributed by atoms with Crippen LogP contribution in [0.2, 0.25) is 4.31 Å². The first-order chi connectivity index (χ1) is 8.86. The van der Waals surface area contributed by atoms with Crippen LogP contribution in [-0.4, -0.2) is 46.3 Å². The Hall–Kier alpha value is -1.46. The van der Waals surface area contributed by atoms with Gasteiger partial charge in [-0.3, -0.25) is 0 Å². The number of rotatable bonds is 2. The Labute approximate surface area is 117 Å². The third-order valence-corrected chi connectivity index (χ3v) is 4.24. The number of likely N-dealkylation sites (tertiary alicyclic amines) is 1. The molecule has 0 aliphatic carbocycles. The summed E-state index contributed by atoms with van der Waals surface area (Å²) in [5, 5.41) is 2.25. The minimum absolute atomic E-state index is 0.276. The van der Waals surface area contributed by atoms with Gasteiger partial charge in [0.25, 0.3) is 0 Å². The summed E-state index contributed by atoms with van der Waals surface area (Å²) in [4.78, 5) is 25.4. The fourth-order valence-electron chi connectivity index (χ4n) is 1.88. The molecule has 1 aliphatic rings. The van der Waals surface area contributed by atoms with E-state index in [1.165, 1.54) is 17.0 Å². The topological polar surface area (TPSA) is 49.4 Å². The average Bonchev–Trinajstić information content (AvgIpc) is 2.64. The van der Waals surface area contributed by atoms with Crippen LogP contribution in [0, 0.1) is 11.6 Å². The molecule has 1 atom stereocenters. The molecule has 1 saturated heterocycles. The van der Waals surface area contributed by atoms with E-state index in [-0.39, 0.29) is 11.6 Å². The van der Waals surface area contributed by atoms with Crippen LogP contribution in [0.1, 0.15) is 6.42 Å². The molecule has 1 heterocycles. The summed E-state index contributed by atoms with van der Waals surface area (Å²) in [6.07, 6.45) is 0.297. The van der Waals surface area contributed by atoms with Gasteiger partial charge < -0.3 is 0 Å². The van der Waals surface area contributed by atoms with Gasteiger partial charge in [-0.15, -0.1) is 0 Å². The summed E-state index contributed by atoms with van der Waals surface area (Å²) in [7, 11) is 1.58. The van der Waals surface area contributed by atoms with Crippen LogP contribution in [0.3, 0.4) is 0 Å². The van der Waals surface area contributed by atoms with Gasteiger partial charge in [-0.25, -0.2) is 0 Å². The van der Waals surface area contributed by atoms with Crippen molar-refractivity contribution < 1.29 is 18.4 Å². The zero-order valence-corrected chi connectivity index (χ0v) is 11.8. The molecule has 2 amide bonds. The second-order valence-corrected chi connectivity index (χ2v) is 5.82. The van der Waals surface area contributed by atoms with Gasteiger partial charge in [0.15, 0.2) is 0 Å². The maximum atomic E-state index is 13.5. The number of nitrogens with zero attached hydrogens (tertiary/aromatic N) is 1. The van der Waals surface area contributed by atoms with E-state index in [0.717, 1.165) is 6.07 Å². The molecule has 1 fully saturated rings. The molecule has 0 saturated carbocycles. The van der Waals surface area contributed by atoms with Crippen LogP contribution in [0.5, 0.6) is 0 Å². The molecular weight excluding hydrogens is 321 g/mol. The number of halogens is 2. The van der Waals surface area contributed by atoms with Gasteiger partial charge in [-0.05, 0) is 0 Å². The molecule has 1 unspecified atom stereocenters. The Kier molecular flexibility index (Phi) is 3.60. The van der Waals surface area contributed by atoms with Crippen molar-refractivity contribution in [3.05, 3.63) is 29.8 Å². The van der Waals surface area contributed by atoms with E-state index < -0.39 is 21.9 Å². The normalized spacial score (nSPS) is 22.7. The first-order valence-corrected chi connectivity index (χ1v) is 6.43. The quantitative estimate of drug-likeness (QED) is 0.651. The van der Waals surface area contributed by atoms with Crippen molar-refractivity contribution in [3.63, 3.8) is 0 Å².